The Morgan fingerprint density at radius 2 is 2.11 bits per heavy atom. The van der Waals surface area contributed by atoms with Gasteiger partial charge in [-0.2, -0.15) is 0 Å². The van der Waals surface area contributed by atoms with Crippen LogP contribution >= 0.6 is 11.6 Å². The molecule has 0 spiro atoms. The summed E-state index contributed by atoms with van der Waals surface area (Å²) in [6.07, 6.45) is 1.28. The zero-order valence-electron chi connectivity index (χ0n) is 10.00. The Bertz CT molecular complexity index is 637. The average Bonchev–Trinajstić information content (AvgIpc) is 2.28. The van der Waals surface area contributed by atoms with E-state index >= 15 is 0 Å². The zero-order valence-corrected chi connectivity index (χ0v) is 10.8. The van der Waals surface area contributed by atoms with Crippen LogP contribution in [0.25, 0.3) is 11.3 Å². The van der Waals surface area contributed by atoms with E-state index in [2.05, 4.69) is 9.97 Å². The number of hydrogen-bond donors (Lipinski definition) is 1. The number of H-pyrrole nitrogens is 1. The van der Waals surface area contributed by atoms with Gasteiger partial charge in [0, 0.05) is 16.1 Å². The molecule has 0 radical (unpaired) electrons. The van der Waals surface area contributed by atoms with Crippen molar-refractivity contribution < 1.29 is 4.39 Å². The SMILES string of the molecule is CC(C)c1c(-c2ccc(Cl)cc2F)nc[nH]c1=O. The van der Waals surface area contributed by atoms with Crippen molar-refractivity contribution in [3.05, 3.63) is 51.3 Å². The van der Waals surface area contributed by atoms with E-state index in [1.807, 2.05) is 13.8 Å². The van der Waals surface area contributed by atoms with Gasteiger partial charge in [0.1, 0.15) is 5.82 Å². The summed E-state index contributed by atoms with van der Waals surface area (Å²) in [5, 5.41) is 0.312. The minimum Gasteiger partial charge on any atom is -0.313 e. The minimum absolute atomic E-state index is 0.0486. The predicted octanol–water partition coefficient (Wildman–Crippen LogP) is 3.35. The lowest BCUT2D eigenvalue weighted by Crippen LogP contribution is -2.16. The van der Waals surface area contributed by atoms with Gasteiger partial charge in [-0.25, -0.2) is 9.37 Å². The van der Waals surface area contributed by atoms with Gasteiger partial charge >= 0.3 is 0 Å². The molecule has 1 aromatic heterocycles. The Hall–Kier alpha value is -1.68. The molecule has 0 aliphatic heterocycles. The summed E-state index contributed by atoms with van der Waals surface area (Å²) >= 11 is 5.71. The first kappa shape index (κ1) is 12.8. The molecule has 0 atom stereocenters. The quantitative estimate of drug-likeness (QED) is 0.906. The van der Waals surface area contributed by atoms with Gasteiger partial charge in [-0.3, -0.25) is 4.79 Å². The van der Waals surface area contributed by atoms with Gasteiger partial charge in [0.15, 0.2) is 0 Å². The molecule has 0 bridgehead atoms. The normalized spacial score (nSPS) is 10.9. The molecule has 2 rings (SSSR count). The second-order valence-electron chi connectivity index (χ2n) is 4.27. The lowest BCUT2D eigenvalue weighted by atomic mass is 9.98. The number of halogens is 2. The minimum atomic E-state index is -0.484. The third kappa shape index (κ3) is 2.29. The number of nitrogens with zero attached hydrogens (tertiary/aromatic N) is 1. The summed E-state index contributed by atoms with van der Waals surface area (Å²) in [4.78, 5) is 18.4. The van der Waals surface area contributed by atoms with Crippen molar-refractivity contribution in [2.45, 2.75) is 19.8 Å². The highest BCUT2D eigenvalue weighted by Crippen LogP contribution is 2.27. The fourth-order valence-corrected chi connectivity index (χ4v) is 2.00. The van der Waals surface area contributed by atoms with Crippen molar-refractivity contribution in [2.24, 2.45) is 0 Å². The number of nitrogens with one attached hydrogen (secondary N) is 1. The molecule has 0 amide bonds. The molecule has 5 heteroatoms. The van der Waals surface area contributed by atoms with Crippen molar-refractivity contribution in [1.82, 2.24) is 9.97 Å². The Balaban J connectivity index is 2.71. The van der Waals surface area contributed by atoms with E-state index in [0.29, 0.717) is 16.3 Å². The lowest BCUT2D eigenvalue weighted by Gasteiger charge is -2.11. The van der Waals surface area contributed by atoms with E-state index in [0.717, 1.165) is 0 Å². The van der Waals surface area contributed by atoms with E-state index < -0.39 is 5.82 Å². The van der Waals surface area contributed by atoms with Gasteiger partial charge in [-0.1, -0.05) is 25.4 Å². The molecule has 94 valence electrons. The van der Waals surface area contributed by atoms with Crippen LogP contribution in [-0.2, 0) is 0 Å². The van der Waals surface area contributed by atoms with Crippen LogP contribution in [0.1, 0.15) is 25.3 Å². The highest BCUT2D eigenvalue weighted by atomic mass is 35.5. The Kier molecular flexibility index (Phi) is 3.48. The topological polar surface area (TPSA) is 45.8 Å². The van der Waals surface area contributed by atoms with Crippen LogP contribution in [0.15, 0.2) is 29.3 Å². The average molecular weight is 267 g/mol. The van der Waals surface area contributed by atoms with Gasteiger partial charge in [-0.15, -0.1) is 0 Å². The van der Waals surface area contributed by atoms with Crippen LogP contribution in [0.5, 0.6) is 0 Å². The monoisotopic (exact) mass is 266 g/mol. The molecule has 0 aliphatic rings. The van der Waals surface area contributed by atoms with E-state index in [1.54, 1.807) is 6.07 Å². The third-order valence-corrected chi connectivity index (χ3v) is 2.89. The second-order valence-corrected chi connectivity index (χ2v) is 4.71. The standard InChI is InChI=1S/C13H12ClFN2O/c1-7(2)11-12(16-6-17-13(11)18)9-4-3-8(14)5-10(9)15/h3-7H,1-2H3,(H,16,17,18). The molecule has 1 N–H and O–H groups in total. The maximum Gasteiger partial charge on any atom is 0.254 e. The molecule has 0 saturated heterocycles. The van der Waals surface area contributed by atoms with Crippen LogP contribution in [0.4, 0.5) is 4.39 Å². The molecule has 18 heavy (non-hydrogen) atoms. The van der Waals surface area contributed by atoms with Crippen LogP contribution in [0.2, 0.25) is 5.02 Å². The first-order valence-corrected chi connectivity index (χ1v) is 5.91. The van der Waals surface area contributed by atoms with Gasteiger partial charge in [0.25, 0.3) is 5.56 Å². The lowest BCUT2D eigenvalue weighted by molar-refractivity contribution is 0.630. The van der Waals surface area contributed by atoms with Crippen molar-refractivity contribution in [3.63, 3.8) is 0 Å². The summed E-state index contributed by atoms with van der Waals surface area (Å²) in [7, 11) is 0. The number of aromatic nitrogens is 2. The fourth-order valence-electron chi connectivity index (χ4n) is 1.84. The van der Waals surface area contributed by atoms with Gasteiger partial charge in [0.05, 0.1) is 12.0 Å². The molecule has 0 saturated carbocycles. The molecule has 0 fully saturated rings. The number of aromatic amines is 1. The van der Waals surface area contributed by atoms with E-state index in [9.17, 15) is 9.18 Å². The van der Waals surface area contributed by atoms with Crippen LogP contribution in [0, 0.1) is 5.82 Å². The van der Waals surface area contributed by atoms with Crippen LogP contribution in [0.3, 0.4) is 0 Å². The summed E-state index contributed by atoms with van der Waals surface area (Å²) < 4.78 is 13.9. The van der Waals surface area contributed by atoms with Crippen molar-refractivity contribution >= 4 is 11.6 Å². The Morgan fingerprint density at radius 1 is 1.39 bits per heavy atom. The molecule has 3 nitrogen and oxygen atoms in total. The molecule has 0 unspecified atom stereocenters. The van der Waals surface area contributed by atoms with E-state index in [4.69, 9.17) is 11.6 Å². The third-order valence-electron chi connectivity index (χ3n) is 2.65. The Labute approximate surface area is 109 Å². The molecule has 1 heterocycles. The molecule has 2 aromatic rings. The highest BCUT2D eigenvalue weighted by molar-refractivity contribution is 6.30. The number of rotatable bonds is 2. The van der Waals surface area contributed by atoms with Gasteiger partial charge < -0.3 is 4.98 Å². The van der Waals surface area contributed by atoms with Crippen LogP contribution < -0.4 is 5.56 Å². The fraction of sp³-hybridized carbons (Fsp3) is 0.231. The van der Waals surface area contributed by atoms with Crippen molar-refractivity contribution in [3.8, 4) is 11.3 Å². The smallest absolute Gasteiger partial charge is 0.254 e. The van der Waals surface area contributed by atoms with Crippen LogP contribution in [-0.4, -0.2) is 9.97 Å². The number of hydrogen-bond acceptors (Lipinski definition) is 2. The van der Waals surface area contributed by atoms with E-state index in [1.165, 1.54) is 18.5 Å². The summed E-state index contributed by atoms with van der Waals surface area (Å²) in [5.74, 6) is -0.532. The molecular formula is C13H12ClFN2O. The zero-order chi connectivity index (χ0) is 13.3. The van der Waals surface area contributed by atoms with Gasteiger partial charge in [0.2, 0.25) is 0 Å². The first-order chi connectivity index (χ1) is 8.50. The molecule has 0 aliphatic carbocycles. The molecule has 1 aromatic carbocycles. The summed E-state index contributed by atoms with van der Waals surface area (Å²) in [6, 6.07) is 4.32. The summed E-state index contributed by atoms with van der Waals surface area (Å²) in [6.45, 7) is 3.73. The number of benzene rings is 1. The highest BCUT2D eigenvalue weighted by Gasteiger charge is 2.17. The van der Waals surface area contributed by atoms with E-state index in [-0.39, 0.29) is 17.0 Å². The predicted molar refractivity (Wildman–Crippen MR) is 69.4 cm³/mol. The van der Waals surface area contributed by atoms with Crippen molar-refractivity contribution in [1.29, 1.82) is 0 Å². The Morgan fingerprint density at radius 3 is 2.72 bits per heavy atom. The van der Waals surface area contributed by atoms with Crippen molar-refractivity contribution in [2.75, 3.05) is 0 Å². The molecular weight excluding hydrogens is 255 g/mol. The second kappa shape index (κ2) is 4.90. The maximum absolute atomic E-state index is 13.9. The largest absolute Gasteiger partial charge is 0.313 e. The first-order valence-electron chi connectivity index (χ1n) is 5.53. The van der Waals surface area contributed by atoms with Gasteiger partial charge in [-0.05, 0) is 24.1 Å². The maximum atomic E-state index is 13.9. The summed E-state index contributed by atoms with van der Waals surface area (Å²) in [5.41, 5.74) is 0.875.